The normalized spacial score (nSPS) is 14.4. The molecule has 1 aliphatic heterocycles. The third kappa shape index (κ3) is 5.11. The Balaban J connectivity index is 1.21. The number of rotatable bonds is 6. The largest absolute Gasteiger partial charge is 0.342 e. The number of carbonyl (C=O) groups excluding carboxylic acids is 1. The van der Waals surface area contributed by atoms with Gasteiger partial charge in [-0.3, -0.25) is 18.7 Å². The molecule has 1 saturated heterocycles. The number of aryl methyl sites for hydroxylation is 1. The SMILES string of the molecule is Cc1nc(SCC(=O)N2CCC(n3c(=O)[nH]c4ccccc43)CC2)n(C)c(=O)c1Cc1ccc(F)cc1. The first kappa shape index (κ1) is 25.0. The number of benzene rings is 2. The second-order valence-corrected chi connectivity index (χ2v) is 10.3. The van der Waals surface area contributed by atoms with Crippen molar-refractivity contribution in [2.45, 2.75) is 37.4 Å². The van der Waals surface area contributed by atoms with Crippen LogP contribution in [0, 0.1) is 12.7 Å². The number of H-pyrrole nitrogens is 1. The summed E-state index contributed by atoms with van der Waals surface area (Å²) in [4.78, 5) is 47.8. The zero-order valence-corrected chi connectivity index (χ0v) is 21.6. The average molecular weight is 522 g/mol. The zero-order valence-electron chi connectivity index (χ0n) is 20.7. The second-order valence-electron chi connectivity index (χ2n) is 9.34. The van der Waals surface area contributed by atoms with Crippen molar-refractivity contribution in [1.29, 1.82) is 0 Å². The molecule has 37 heavy (non-hydrogen) atoms. The maximum atomic E-state index is 13.2. The van der Waals surface area contributed by atoms with E-state index in [1.807, 2.05) is 33.7 Å². The Morgan fingerprint density at radius 1 is 1.11 bits per heavy atom. The molecule has 0 radical (unpaired) electrons. The first-order valence-corrected chi connectivity index (χ1v) is 13.2. The molecule has 3 heterocycles. The lowest BCUT2D eigenvalue weighted by atomic mass is 10.0. The molecule has 0 aliphatic carbocycles. The summed E-state index contributed by atoms with van der Waals surface area (Å²) in [6.07, 6.45) is 1.77. The van der Waals surface area contributed by atoms with Gasteiger partial charge in [-0.05, 0) is 49.6 Å². The third-order valence-corrected chi connectivity index (χ3v) is 7.99. The summed E-state index contributed by atoms with van der Waals surface area (Å²) in [5.41, 5.74) is 3.41. The predicted octanol–water partition coefficient (Wildman–Crippen LogP) is 3.42. The summed E-state index contributed by atoms with van der Waals surface area (Å²) in [5, 5.41) is 0.485. The molecule has 1 aliphatic rings. The van der Waals surface area contributed by atoms with E-state index in [1.54, 1.807) is 26.1 Å². The molecular formula is C27H28FN5O3S. The molecule has 0 unspecified atom stereocenters. The van der Waals surface area contributed by atoms with Gasteiger partial charge in [0.1, 0.15) is 5.82 Å². The van der Waals surface area contributed by atoms with E-state index in [1.165, 1.54) is 28.5 Å². The number of imidazole rings is 1. The number of para-hydroxylation sites is 2. The highest BCUT2D eigenvalue weighted by Gasteiger charge is 2.26. The summed E-state index contributed by atoms with van der Waals surface area (Å²) < 4.78 is 16.5. The number of nitrogens with one attached hydrogen (secondary N) is 1. The standard InChI is InChI=1S/C27H28FN5O3S/c1-17-21(15-18-7-9-19(28)10-8-18)25(35)31(2)27(29-17)37-16-24(34)32-13-11-20(12-14-32)33-23-6-4-3-5-22(23)30-26(33)36/h3-10,20H,11-16H2,1-2H3,(H,30,36). The third-order valence-electron chi connectivity index (χ3n) is 6.98. The van der Waals surface area contributed by atoms with Crippen LogP contribution in [0.2, 0.25) is 0 Å². The van der Waals surface area contributed by atoms with E-state index >= 15 is 0 Å². The minimum Gasteiger partial charge on any atom is -0.342 e. The quantitative estimate of drug-likeness (QED) is 0.310. The molecule has 8 nitrogen and oxygen atoms in total. The van der Waals surface area contributed by atoms with Crippen molar-refractivity contribution < 1.29 is 9.18 Å². The van der Waals surface area contributed by atoms with E-state index in [0.29, 0.717) is 48.8 Å². The van der Waals surface area contributed by atoms with Crippen LogP contribution >= 0.6 is 11.8 Å². The lowest BCUT2D eigenvalue weighted by Gasteiger charge is -2.32. The topological polar surface area (TPSA) is 93.0 Å². The Morgan fingerprint density at radius 3 is 2.54 bits per heavy atom. The molecule has 0 bridgehead atoms. The highest BCUT2D eigenvalue weighted by molar-refractivity contribution is 7.99. The van der Waals surface area contributed by atoms with E-state index in [0.717, 1.165) is 16.6 Å². The van der Waals surface area contributed by atoms with Crippen molar-refractivity contribution in [2.24, 2.45) is 7.05 Å². The Kier molecular flexibility index (Phi) is 7.01. The van der Waals surface area contributed by atoms with Crippen molar-refractivity contribution in [3.05, 3.63) is 92.0 Å². The molecule has 1 amide bonds. The van der Waals surface area contributed by atoms with Gasteiger partial charge >= 0.3 is 5.69 Å². The van der Waals surface area contributed by atoms with E-state index in [4.69, 9.17) is 0 Å². The Labute approximate surface area is 217 Å². The molecule has 2 aromatic heterocycles. The van der Waals surface area contributed by atoms with Crippen LogP contribution in [0.3, 0.4) is 0 Å². The highest BCUT2D eigenvalue weighted by atomic mass is 32.2. The van der Waals surface area contributed by atoms with Gasteiger partial charge in [-0.1, -0.05) is 36.0 Å². The number of aromatic amines is 1. The number of fused-ring (bicyclic) bond motifs is 1. The van der Waals surface area contributed by atoms with E-state index < -0.39 is 0 Å². The number of carbonyl (C=O) groups is 1. The predicted molar refractivity (Wildman–Crippen MR) is 142 cm³/mol. The van der Waals surface area contributed by atoms with Crippen molar-refractivity contribution in [3.63, 3.8) is 0 Å². The first-order chi connectivity index (χ1) is 17.8. The molecule has 0 saturated carbocycles. The van der Waals surface area contributed by atoms with Gasteiger partial charge in [0.2, 0.25) is 5.91 Å². The van der Waals surface area contributed by atoms with Crippen molar-refractivity contribution in [3.8, 4) is 0 Å². The summed E-state index contributed by atoms with van der Waals surface area (Å²) in [5.74, 6) is -0.162. The van der Waals surface area contributed by atoms with Gasteiger partial charge in [0, 0.05) is 43.9 Å². The van der Waals surface area contributed by atoms with E-state index in [2.05, 4.69) is 9.97 Å². The van der Waals surface area contributed by atoms with Gasteiger partial charge in [0.15, 0.2) is 5.16 Å². The Bertz CT molecular complexity index is 1570. The fraction of sp³-hybridized carbons (Fsp3) is 0.333. The number of halogens is 1. The van der Waals surface area contributed by atoms with Crippen LogP contribution in [0.1, 0.15) is 35.7 Å². The van der Waals surface area contributed by atoms with Crippen LogP contribution in [0.5, 0.6) is 0 Å². The van der Waals surface area contributed by atoms with Crippen LogP contribution in [-0.2, 0) is 18.3 Å². The number of hydrogen-bond donors (Lipinski definition) is 1. The van der Waals surface area contributed by atoms with E-state index in [9.17, 15) is 18.8 Å². The number of thioether (sulfide) groups is 1. The van der Waals surface area contributed by atoms with Crippen LogP contribution in [0.4, 0.5) is 4.39 Å². The molecular weight excluding hydrogens is 493 g/mol. The Hall–Kier alpha value is -3.66. The van der Waals surface area contributed by atoms with Crippen LogP contribution in [0.25, 0.3) is 11.0 Å². The number of nitrogens with zero attached hydrogens (tertiary/aromatic N) is 4. The van der Waals surface area contributed by atoms with Crippen molar-refractivity contribution in [1.82, 2.24) is 24.0 Å². The fourth-order valence-electron chi connectivity index (χ4n) is 4.90. The molecule has 10 heteroatoms. The second kappa shape index (κ2) is 10.4. The molecule has 0 spiro atoms. The molecule has 2 aromatic carbocycles. The van der Waals surface area contributed by atoms with Gasteiger partial charge in [-0.2, -0.15) is 0 Å². The van der Waals surface area contributed by atoms with Gasteiger partial charge in [0.05, 0.1) is 16.8 Å². The maximum absolute atomic E-state index is 13.2. The summed E-state index contributed by atoms with van der Waals surface area (Å²) in [6.45, 7) is 2.92. The number of aromatic nitrogens is 4. The number of piperidine rings is 1. The summed E-state index contributed by atoms with van der Waals surface area (Å²) in [6, 6.07) is 13.8. The first-order valence-electron chi connectivity index (χ1n) is 12.2. The average Bonchev–Trinajstić information content (AvgIpc) is 3.24. The van der Waals surface area contributed by atoms with Crippen molar-refractivity contribution in [2.75, 3.05) is 18.8 Å². The summed E-state index contributed by atoms with van der Waals surface area (Å²) >= 11 is 1.25. The van der Waals surface area contributed by atoms with Crippen LogP contribution < -0.4 is 11.2 Å². The van der Waals surface area contributed by atoms with Gasteiger partial charge < -0.3 is 9.88 Å². The minimum atomic E-state index is -0.320. The zero-order chi connectivity index (χ0) is 26.1. The van der Waals surface area contributed by atoms with Crippen LogP contribution in [-0.4, -0.2) is 48.8 Å². The maximum Gasteiger partial charge on any atom is 0.326 e. The molecule has 192 valence electrons. The number of likely N-dealkylation sites (tertiary alicyclic amines) is 1. The Morgan fingerprint density at radius 2 is 1.81 bits per heavy atom. The molecule has 5 rings (SSSR count). The fourth-order valence-corrected chi connectivity index (χ4v) is 5.81. The molecule has 0 atom stereocenters. The van der Waals surface area contributed by atoms with Crippen LogP contribution in [0.15, 0.2) is 63.3 Å². The molecule has 1 N–H and O–H groups in total. The van der Waals surface area contributed by atoms with Gasteiger partial charge in [-0.15, -0.1) is 0 Å². The minimum absolute atomic E-state index is 0.0167. The van der Waals surface area contributed by atoms with Crippen molar-refractivity contribution >= 4 is 28.7 Å². The number of amides is 1. The number of hydrogen-bond acceptors (Lipinski definition) is 5. The lowest BCUT2D eigenvalue weighted by molar-refractivity contribution is -0.129. The monoisotopic (exact) mass is 521 g/mol. The summed E-state index contributed by atoms with van der Waals surface area (Å²) in [7, 11) is 1.65. The highest BCUT2D eigenvalue weighted by Crippen LogP contribution is 2.26. The lowest BCUT2D eigenvalue weighted by Crippen LogP contribution is -2.41. The van der Waals surface area contributed by atoms with Gasteiger partial charge in [0.25, 0.3) is 5.56 Å². The van der Waals surface area contributed by atoms with Gasteiger partial charge in [-0.25, -0.2) is 14.2 Å². The van der Waals surface area contributed by atoms with E-state index in [-0.39, 0.29) is 34.8 Å². The smallest absolute Gasteiger partial charge is 0.326 e. The molecule has 4 aromatic rings. The molecule has 1 fully saturated rings.